The number of benzene rings is 2. The normalized spacial score (nSPS) is 12.2. The highest BCUT2D eigenvalue weighted by Crippen LogP contribution is 2.28. The number of carbonyl (C=O) groups is 2. The monoisotopic (exact) mass is 500 g/mol. The molecule has 2 heterocycles. The minimum absolute atomic E-state index is 0.0817. The largest absolute Gasteiger partial charge is 0.496 e. The maximum atomic E-state index is 14.0. The van der Waals surface area contributed by atoms with Crippen LogP contribution in [0.15, 0.2) is 73.1 Å². The average molecular weight is 501 g/mol. The summed E-state index contributed by atoms with van der Waals surface area (Å²) in [7, 11) is 1.59. The molecule has 2 amide bonds. The summed E-state index contributed by atoms with van der Waals surface area (Å²) in [5.41, 5.74) is 2.42. The number of hydrogen-bond donors (Lipinski definition) is 1. The first-order valence-corrected chi connectivity index (χ1v) is 12.2. The second-order valence-electron chi connectivity index (χ2n) is 9.48. The lowest BCUT2D eigenvalue weighted by Gasteiger charge is -2.35. The molecule has 1 unspecified atom stereocenters. The standard InChI is InChI=1S/C28H32N6O3/c1-5-28(2,3)30-27(36)26(20-14-16-29-17-15-20)33(18-21-10-6-9-13-24(21)37-4)25(35)19-34-23-12-8-7-11-22(23)31-32-34/h6-17,26H,5,18-19H2,1-4H3,(H,30,36). The van der Waals surface area contributed by atoms with Crippen molar-refractivity contribution in [2.45, 2.75) is 51.9 Å². The van der Waals surface area contributed by atoms with E-state index in [1.165, 1.54) is 0 Å². The molecule has 0 saturated carbocycles. The molecule has 37 heavy (non-hydrogen) atoms. The highest BCUT2D eigenvalue weighted by Gasteiger charge is 2.34. The molecule has 0 aliphatic carbocycles. The van der Waals surface area contributed by atoms with Gasteiger partial charge in [0.05, 0.1) is 19.2 Å². The summed E-state index contributed by atoms with van der Waals surface area (Å²) in [5, 5.41) is 11.5. The van der Waals surface area contributed by atoms with E-state index in [9.17, 15) is 9.59 Å². The van der Waals surface area contributed by atoms with Crippen LogP contribution in [0.3, 0.4) is 0 Å². The van der Waals surface area contributed by atoms with E-state index in [1.54, 1.807) is 41.2 Å². The van der Waals surface area contributed by atoms with Crippen molar-refractivity contribution >= 4 is 22.8 Å². The van der Waals surface area contributed by atoms with Crippen LogP contribution in [0.5, 0.6) is 5.75 Å². The average Bonchev–Trinajstić information content (AvgIpc) is 3.31. The molecule has 0 bridgehead atoms. The second-order valence-corrected chi connectivity index (χ2v) is 9.48. The Kier molecular flexibility index (Phi) is 7.81. The fourth-order valence-corrected chi connectivity index (χ4v) is 4.10. The fourth-order valence-electron chi connectivity index (χ4n) is 4.10. The van der Waals surface area contributed by atoms with Crippen LogP contribution in [0, 0.1) is 0 Å². The summed E-state index contributed by atoms with van der Waals surface area (Å²) in [6.45, 7) is 6.00. The van der Waals surface area contributed by atoms with Crippen molar-refractivity contribution in [1.82, 2.24) is 30.2 Å². The molecule has 0 saturated heterocycles. The fraction of sp³-hybridized carbons (Fsp3) is 0.321. The number of ether oxygens (including phenoxy) is 1. The lowest BCUT2D eigenvalue weighted by molar-refractivity contribution is -0.143. The van der Waals surface area contributed by atoms with Crippen molar-refractivity contribution < 1.29 is 14.3 Å². The van der Waals surface area contributed by atoms with Gasteiger partial charge in [-0.05, 0) is 56.2 Å². The summed E-state index contributed by atoms with van der Waals surface area (Å²) in [6, 6.07) is 17.6. The van der Waals surface area contributed by atoms with Gasteiger partial charge >= 0.3 is 0 Å². The third-order valence-electron chi connectivity index (χ3n) is 6.49. The Morgan fingerprint density at radius 3 is 2.49 bits per heavy atom. The summed E-state index contributed by atoms with van der Waals surface area (Å²) >= 11 is 0. The lowest BCUT2D eigenvalue weighted by Crippen LogP contribution is -2.50. The molecule has 0 spiro atoms. The van der Waals surface area contributed by atoms with Crippen molar-refractivity contribution in [3.05, 3.63) is 84.2 Å². The quantitative estimate of drug-likeness (QED) is 0.354. The summed E-state index contributed by atoms with van der Waals surface area (Å²) in [6.07, 6.45) is 3.97. The number of nitrogens with one attached hydrogen (secondary N) is 1. The highest BCUT2D eigenvalue weighted by atomic mass is 16.5. The van der Waals surface area contributed by atoms with Crippen LogP contribution in [0.25, 0.3) is 11.0 Å². The molecular formula is C28H32N6O3. The Labute approximate surface area is 216 Å². The molecule has 1 atom stereocenters. The van der Waals surface area contributed by atoms with Crippen molar-refractivity contribution in [3.63, 3.8) is 0 Å². The minimum atomic E-state index is -0.902. The van der Waals surface area contributed by atoms with Gasteiger partial charge in [-0.15, -0.1) is 5.10 Å². The first-order chi connectivity index (χ1) is 17.8. The van der Waals surface area contributed by atoms with Gasteiger partial charge in [0.15, 0.2) is 0 Å². The lowest BCUT2D eigenvalue weighted by atomic mass is 9.98. The van der Waals surface area contributed by atoms with Crippen molar-refractivity contribution in [1.29, 1.82) is 0 Å². The molecule has 0 fully saturated rings. The van der Waals surface area contributed by atoms with Crippen molar-refractivity contribution in [2.24, 2.45) is 0 Å². The van der Waals surface area contributed by atoms with E-state index in [1.807, 2.05) is 69.3 Å². The van der Waals surface area contributed by atoms with E-state index in [-0.39, 0.29) is 24.9 Å². The smallest absolute Gasteiger partial charge is 0.247 e. The zero-order valence-electron chi connectivity index (χ0n) is 21.6. The number of para-hydroxylation sites is 2. The molecule has 4 rings (SSSR count). The zero-order valence-corrected chi connectivity index (χ0v) is 21.6. The predicted octanol–water partition coefficient (Wildman–Crippen LogP) is 3.91. The van der Waals surface area contributed by atoms with Gasteiger partial charge in [0.2, 0.25) is 11.8 Å². The number of carbonyl (C=O) groups excluding carboxylic acids is 2. The van der Waals surface area contributed by atoms with Gasteiger partial charge in [0.1, 0.15) is 23.9 Å². The second kappa shape index (κ2) is 11.2. The number of aromatic nitrogens is 4. The van der Waals surface area contributed by atoms with Gasteiger partial charge in [-0.25, -0.2) is 4.68 Å². The number of nitrogens with zero attached hydrogens (tertiary/aromatic N) is 5. The molecule has 0 radical (unpaired) electrons. The number of amides is 2. The maximum Gasteiger partial charge on any atom is 0.247 e. The Morgan fingerprint density at radius 1 is 1.05 bits per heavy atom. The van der Waals surface area contributed by atoms with Crippen molar-refractivity contribution in [2.75, 3.05) is 7.11 Å². The molecule has 0 aliphatic heterocycles. The number of rotatable bonds is 10. The Morgan fingerprint density at radius 2 is 1.76 bits per heavy atom. The molecule has 9 heteroatoms. The van der Waals surface area contributed by atoms with E-state index in [0.29, 0.717) is 16.8 Å². The van der Waals surface area contributed by atoms with Gasteiger partial charge in [-0.1, -0.05) is 42.5 Å². The molecule has 1 N–H and O–H groups in total. The molecule has 2 aromatic carbocycles. The molecule has 0 aliphatic rings. The van der Waals surface area contributed by atoms with Crippen LogP contribution < -0.4 is 10.1 Å². The van der Waals surface area contributed by atoms with Crippen LogP contribution in [0.4, 0.5) is 0 Å². The molecule has 4 aromatic rings. The van der Waals surface area contributed by atoms with Crippen LogP contribution in [0.2, 0.25) is 0 Å². The Bertz CT molecular complexity index is 1370. The van der Waals surface area contributed by atoms with E-state index >= 15 is 0 Å². The number of pyridine rings is 1. The third-order valence-corrected chi connectivity index (χ3v) is 6.49. The van der Waals surface area contributed by atoms with E-state index < -0.39 is 11.6 Å². The highest BCUT2D eigenvalue weighted by molar-refractivity contribution is 5.89. The predicted molar refractivity (Wildman–Crippen MR) is 141 cm³/mol. The number of hydrogen-bond acceptors (Lipinski definition) is 6. The first kappa shape index (κ1) is 25.8. The zero-order chi connectivity index (χ0) is 26.4. The third kappa shape index (κ3) is 5.94. The van der Waals surface area contributed by atoms with Crippen LogP contribution in [-0.4, -0.2) is 49.3 Å². The van der Waals surface area contributed by atoms with Gasteiger partial charge in [-0.2, -0.15) is 0 Å². The van der Waals surface area contributed by atoms with E-state index in [4.69, 9.17) is 4.74 Å². The van der Waals surface area contributed by atoms with Crippen LogP contribution in [-0.2, 0) is 22.7 Å². The van der Waals surface area contributed by atoms with Crippen LogP contribution in [0.1, 0.15) is 44.4 Å². The SMILES string of the molecule is CCC(C)(C)NC(=O)C(c1ccncc1)N(Cc1ccccc1OC)C(=O)Cn1nnc2ccccc21. The Balaban J connectivity index is 1.78. The molecular weight excluding hydrogens is 468 g/mol. The van der Waals surface area contributed by atoms with Gasteiger partial charge in [0.25, 0.3) is 0 Å². The first-order valence-electron chi connectivity index (χ1n) is 12.2. The van der Waals surface area contributed by atoms with Gasteiger partial charge < -0.3 is 15.0 Å². The van der Waals surface area contributed by atoms with Gasteiger partial charge in [0, 0.05) is 23.5 Å². The molecule has 192 valence electrons. The van der Waals surface area contributed by atoms with Crippen LogP contribution >= 0.6 is 0 Å². The number of methoxy groups -OCH3 is 1. The number of fused-ring (bicyclic) bond motifs is 1. The summed E-state index contributed by atoms with van der Waals surface area (Å²) < 4.78 is 7.12. The topological polar surface area (TPSA) is 102 Å². The Hall–Kier alpha value is -4.27. The summed E-state index contributed by atoms with van der Waals surface area (Å²) in [5.74, 6) is 0.0758. The minimum Gasteiger partial charge on any atom is -0.496 e. The molecule has 2 aromatic heterocycles. The molecule has 9 nitrogen and oxygen atoms in total. The van der Waals surface area contributed by atoms with Crippen molar-refractivity contribution in [3.8, 4) is 5.75 Å². The van der Waals surface area contributed by atoms with Gasteiger partial charge in [-0.3, -0.25) is 14.6 Å². The maximum absolute atomic E-state index is 14.0. The van der Waals surface area contributed by atoms with E-state index in [2.05, 4.69) is 20.6 Å². The summed E-state index contributed by atoms with van der Waals surface area (Å²) in [4.78, 5) is 33.5. The van der Waals surface area contributed by atoms with E-state index in [0.717, 1.165) is 17.5 Å².